The van der Waals surface area contributed by atoms with E-state index in [0.29, 0.717) is 6.04 Å². The Morgan fingerprint density at radius 3 is 2.93 bits per heavy atom. The van der Waals surface area contributed by atoms with E-state index in [1.165, 1.54) is 35.0 Å². The Labute approximate surface area is 95.3 Å². The van der Waals surface area contributed by atoms with Crippen LogP contribution in [-0.2, 0) is 6.54 Å². The van der Waals surface area contributed by atoms with Crippen molar-refractivity contribution in [3.8, 4) is 0 Å². The van der Waals surface area contributed by atoms with E-state index in [1.54, 1.807) is 0 Å². The summed E-state index contributed by atoms with van der Waals surface area (Å²) in [6.07, 6.45) is 2.55. The number of hydrogen-bond donors (Lipinski definition) is 1. The maximum absolute atomic E-state index is 5.77. The van der Waals surface area contributed by atoms with Gasteiger partial charge in [0.2, 0.25) is 0 Å². The molecule has 1 aromatic heterocycles. The summed E-state index contributed by atoms with van der Waals surface area (Å²) in [5, 5.41) is 1.17. The minimum absolute atomic E-state index is 0.590. The van der Waals surface area contributed by atoms with Crippen LogP contribution in [0.5, 0.6) is 0 Å². The molecule has 0 aromatic carbocycles. The van der Waals surface area contributed by atoms with Crippen molar-refractivity contribution in [1.82, 2.24) is 9.88 Å². The van der Waals surface area contributed by atoms with Crippen LogP contribution in [0, 0.1) is 13.8 Å². The van der Waals surface area contributed by atoms with Gasteiger partial charge < -0.3 is 5.73 Å². The third-order valence-corrected chi connectivity index (χ3v) is 4.18. The lowest BCUT2D eigenvalue weighted by molar-refractivity contribution is 0.252. The Bertz CT molecular complexity index is 335. The summed E-state index contributed by atoms with van der Waals surface area (Å²) in [6.45, 7) is 7.20. The van der Waals surface area contributed by atoms with Crippen molar-refractivity contribution in [2.24, 2.45) is 5.73 Å². The van der Waals surface area contributed by atoms with Gasteiger partial charge in [-0.1, -0.05) is 0 Å². The molecule has 0 spiro atoms. The standard InChI is InChI=1S/C11H19N3S/c1-8-11(15-9(2)13-8)7-14-5-3-4-10(14)6-12/h10H,3-7,12H2,1-2H3. The van der Waals surface area contributed by atoms with E-state index < -0.39 is 0 Å². The topological polar surface area (TPSA) is 42.2 Å². The second-order valence-electron chi connectivity index (χ2n) is 4.24. The van der Waals surface area contributed by atoms with Gasteiger partial charge in [0.1, 0.15) is 0 Å². The van der Waals surface area contributed by atoms with Crippen LogP contribution in [0.3, 0.4) is 0 Å². The number of nitrogens with zero attached hydrogens (tertiary/aromatic N) is 2. The van der Waals surface area contributed by atoms with E-state index in [9.17, 15) is 0 Å². The van der Waals surface area contributed by atoms with Crippen molar-refractivity contribution >= 4 is 11.3 Å². The van der Waals surface area contributed by atoms with Gasteiger partial charge in [-0.25, -0.2) is 4.98 Å². The molecule has 1 atom stereocenters. The van der Waals surface area contributed by atoms with Crippen LogP contribution in [0.15, 0.2) is 0 Å². The van der Waals surface area contributed by atoms with E-state index in [1.807, 2.05) is 11.3 Å². The highest BCUT2D eigenvalue weighted by Crippen LogP contribution is 2.24. The fourth-order valence-electron chi connectivity index (χ4n) is 2.27. The van der Waals surface area contributed by atoms with Crippen LogP contribution in [-0.4, -0.2) is 29.0 Å². The highest BCUT2D eigenvalue weighted by molar-refractivity contribution is 7.11. The average molecular weight is 225 g/mol. The molecule has 1 aliphatic rings. The summed E-state index contributed by atoms with van der Waals surface area (Å²) in [5.74, 6) is 0. The highest BCUT2D eigenvalue weighted by Gasteiger charge is 2.24. The predicted octanol–water partition coefficient (Wildman–Crippen LogP) is 1.68. The molecule has 2 N–H and O–H groups in total. The van der Waals surface area contributed by atoms with Crippen LogP contribution in [0.25, 0.3) is 0 Å². The second kappa shape index (κ2) is 4.60. The lowest BCUT2D eigenvalue weighted by Crippen LogP contribution is -2.34. The normalized spacial score (nSPS) is 22.5. The van der Waals surface area contributed by atoms with Crippen molar-refractivity contribution in [2.75, 3.05) is 13.1 Å². The minimum atomic E-state index is 0.590. The number of rotatable bonds is 3. The molecule has 1 unspecified atom stereocenters. The van der Waals surface area contributed by atoms with E-state index in [-0.39, 0.29) is 0 Å². The molecular formula is C11H19N3S. The third-order valence-electron chi connectivity index (χ3n) is 3.12. The zero-order valence-electron chi connectivity index (χ0n) is 9.49. The number of hydrogen-bond acceptors (Lipinski definition) is 4. The Hall–Kier alpha value is -0.450. The first-order valence-electron chi connectivity index (χ1n) is 5.57. The first kappa shape index (κ1) is 11.0. The zero-order chi connectivity index (χ0) is 10.8. The Morgan fingerprint density at radius 2 is 2.33 bits per heavy atom. The van der Waals surface area contributed by atoms with E-state index in [0.717, 1.165) is 13.1 Å². The van der Waals surface area contributed by atoms with Gasteiger partial charge in [0.15, 0.2) is 0 Å². The molecule has 1 aromatic rings. The van der Waals surface area contributed by atoms with Gasteiger partial charge in [-0.05, 0) is 33.2 Å². The van der Waals surface area contributed by atoms with Gasteiger partial charge in [0, 0.05) is 24.0 Å². The van der Waals surface area contributed by atoms with Gasteiger partial charge in [0.25, 0.3) is 0 Å². The fourth-order valence-corrected chi connectivity index (χ4v) is 3.24. The molecule has 0 saturated carbocycles. The Morgan fingerprint density at radius 1 is 1.53 bits per heavy atom. The Kier molecular flexibility index (Phi) is 3.38. The van der Waals surface area contributed by atoms with E-state index in [2.05, 4.69) is 23.7 Å². The number of aromatic nitrogens is 1. The molecule has 1 aliphatic heterocycles. The van der Waals surface area contributed by atoms with E-state index in [4.69, 9.17) is 5.73 Å². The number of nitrogens with two attached hydrogens (primary N) is 1. The van der Waals surface area contributed by atoms with Crippen LogP contribution in [0.1, 0.15) is 28.4 Å². The monoisotopic (exact) mass is 225 g/mol. The number of thiazole rings is 1. The summed E-state index contributed by atoms with van der Waals surface area (Å²) in [5.41, 5.74) is 6.96. The van der Waals surface area contributed by atoms with Gasteiger partial charge in [-0.3, -0.25) is 4.90 Å². The highest BCUT2D eigenvalue weighted by atomic mass is 32.1. The molecule has 0 aliphatic carbocycles. The van der Waals surface area contributed by atoms with Crippen molar-refractivity contribution < 1.29 is 0 Å². The maximum Gasteiger partial charge on any atom is 0.0900 e. The summed E-state index contributed by atoms with van der Waals surface area (Å²) in [6, 6.07) is 0.590. The SMILES string of the molecule is Cc1nc(C)c(CN2CCCC2CN)s1. The zero-order valence-corrected chi connectivity index (χ0v) is 10.3. The van der Waals surface area contributed by atoms with Gasteiger partial charge in [0.05, 0.1) is 10.7 Å². The molecule has 3 nitrogen and oxygen atoms in total. The summed E-state index contributed by atoms with van der Waals surface area (Å²) >= 11 is 1.82. The average Bonchev–Trinajstić information content (AvgIpc) is 2.74. The number of likely N-dealkylation sites (tertiary alicyclic amines) is 1. The molecule has 84 valence electrons. The smallest absolute Gasteiger partial charge is 0.0900 e. The lowest BCUT2D eigenvalue weighted by atomic mass is 10.2. The minimum Gasteiger partial charge on any atom is -0.329 e. The number of aryl methyl sites for hydroxylation is 2. The molecule has 0 amide bonds. The van der Waals surface area contributed by atoms with Gasteiger partial charge in [-0.15, -0.1) is 11.3 Å². The first-order valence-corrected chi connectivity index (χ1v) is 6.39. The largest absolute Gasteiger partial charge is 0.329 e. The quantitative estimate of drug-likeness (QED) is 0.851. The molecule has 0 radical (unpaired) electrons. The fraction of sp³-hybridized carbons (Fsp3) is 0.727. The summed E-state index contributed by atoms with van der Waals surface area (Å²) in [4.78, 5) is 8.37. The summed E-state index contributed by atoms with van der Waals surface area (Å²) < 4.78 is 0. The van der Waals surface area contributed by atoms with Crippen LogP contribution >= 0.6 is 11.3 Å². The Balaban J connectivity index is 2.05. The first-order chi connectivity index (χ1) is 7.20. The molecule has 0 bridgehead atoms. The maximum atomic E-state index is 5.77. The van der Waals surface area contributed by atoms with Gasteiger partial charge >= 0.3 is 0 Å². The predicted molar refractivity (Wildman–Crippen MR) is 64.1 cm³/mol. The van der Waals surface area contributed by atoms with E-state index >= 15 is 0 Å². The summed E-state index contributed by atoms with van der Waals surface area (Å²) in [7, 11) is 0. The van der Waals surface area contributed by atoms with Crippen LogP contribution < -0.4 is 5.73 Å². The van der Waals surface area contributed by atoms with Crippen molar-refractivity contribution in [3.63, 3.8) is 0 Å². The molecule has 1 fully saturated rings. The van der Waals surface area contributed by atoms with Crippen molar-refractivity contribution in [2.45, 2.75) is 39.3 Å². The third kappa shape index (κ3) is 2.38. The lowest BCUT2D eigenvalue weighted by Gasteiger charge is -2.22. The molecule has 2 heterocycles. The van der Waals surface area contributed by atoms with Crippen molar-refractivity contribution in [3.05, 3.63) is 15.6 Å². The molecule has 15 heavy (non-hydrogen) atoms. The van der Waals surface area contributed by atoms with Crippen molar-refractivity contribution in [1.29, 1.82) is 0 Å². The van der Waals surface area contributed by atoms with Crippen LogP contribution in [0.2, 0.25) is 0 Å². The van der Waals surface area contributed by atoms with Crippen LogP contribution in [0.4, 0.5) is 0 Å². The molecule has 2 rings (SSSR count). The second-order valence-corrected chi connectivity index (χ2v) is 5.53. The molecule has 1 saturated heterocycles. The molecular weight excluding hydrogens is 206 g/mol. The van der Waals surface area contributed by atoms with Gasteiger partial charge in [-0.2, -0.15) is 0 Å². The molecule has 4 heteroatoms.